The molecule has 0 aliphatic carbocycles. The van der Waals surface area contributed by atoms with Crippen LogP contribution in [0.5, 0.6) is 0 Å². The van der Waals surface area contributed by atoms with Crippen molar-refractivity contribution in [1.82, 2.24) is 4.90 Å². The molecule has 0 radical (unpaired) electrons. The van der Waals surface area contributed by atoms with Crippen molar-refractivity contribution in [2.75, 3.05) is 18.1 Å². The Morgan fingerprint density at radius 1 is 1.22 bits per heavy atom. The minimum absolute atomic E-state index is 0.0328. The molecular weight excluding hydrogens is 362 g/mol. The Morgan fingerprint density at radius 2 is 2.04 bits per heavy atom. The third kappa shape index (κ3) is 3.46. The summed E-state index contributed by atoms with van der Waals surface area (Å²) in [6.45, 7) is 2.58. The average molecular weight is 385 g/mol. The molecule has 1 aromatic heterocycles. The molecule has 0 saturated carbocycles. The fraction of sp³-hybridized carbons (Fsp3) is 0.381. The summed E-state index contributed by atoms with van der Waals surface area (Å²) < 4.78 is 29.4. The standard InChI is InChI=1S/C21H23NO4S/c1-2-10-22(17-9-11-27(24,25)14-17)20(23)12-16-13-26-19-8-7-15-5-3-4-6-18(15)21(16)19/h3-8,13,17H,2,9-12,14H2,1H3. The van der Waals surface area contributed by atoms with Crippen LogP contribution in [0, 0.1) is 0 Å². The molecule has 1 unspecified atom stereocenters. The number of sulfone groups is 1. The summed E-state index contributed by atoms with van der Waals surface area (Å²) in [5, 5.41) is 3.14. The largest absolute Gasteiger partial charge is 0.464 e. The molecule has 1 fully saturated rings. The number of carbonyl (C=O) groups is 1. The summed E-state index contributed by atoms with van der Waals surface area (Å²) in [5.74, 6) is 0.215. The molecule has 0 N–H and O–H groups in total. The van der Waals surface area contributed by atoms with Gasteiger partial charge in [-0.1, -0.05) is 37.3 Å². The zero-order valence-corrected chi connectivity index (χ0v) is 16.2. The molecule has 3 aromatic rings. The van der Waals surface area contributed by atoms with Crippen molar-refractivity contribution in [3.05, 3.63) is 48.2 Å². The summed E-state index contributed by atoms with van der Waals surface area (Å²) in [7, 11) is -3.03. The molecule has 2 aromatic carbocycles. The maximum atomic E-state index is 13.1. The van der Waals surface area contributed by atoms with Crippen LogP contribution >= 0.6 is 0 Å². The Labute approximate surface area is 158 Å². The molecule has 1 aliphatic heterocycles. The Balaban J connectivity index is 1.66. The first-order valence-corrected chi connectivity index (χ1v) is 11.2. The normalized spacial score (nSPS) is 18.9. The van der Waals surface area contributed by atoms with E-state index in [9.17, 15) is 13.2 Å². The highest BCUT2D eigenvalue weighted by molar-refractivity contribution is 7.91. The summed E-state index contributed by atoms with van der Waals surface area (Å²) in [6.07, 6.45) is 3.21. The summed E-state index contributed by atoms with van der Waals surface area (Å²) >= 11 is 0. The van der Waals surface area contributed by atoms with Gasteiger partial charge < -0.3 is 9.32 Å². The lowest BCUT2D eigenvalue weighted by Crippen LogP contribution is -2.42. The van der Waals surface area contributed by atoms with E-state index < -0.39 is 9.84 Å². The monoisotopic (exact) mass is 385 g/mol. The molecule has 2 heterocycles. The highest BCUT2D eigenvalue weighted by Crippen LogP contribution is 2.30. The van der Waals surface area contributed by atoms with E-state index >= 15 is 0 Å². The molecule has 142 valence electrons. The molecule has 1 atom stereocenters. The molecule has 4 rings (SSSR count). The third-order valence-electron chi connectivity index (χ3n) is 5.32. The molecule has 27 heavy (non-hydrogen) atoms. The molecule has 0 spiro atoms. The van der Waals surface area contributed by atoms with Gasteiger partial charge >= 0.3 is 0 Å². The molecular formula is C21H23NO4S. The molecule has 1 aliphatic rings. The summed E-state index contributed by atoms with van der Waals surface area (Å²) in [6, 6.07) is 11.8. The van der Waals surface area contributed by atoms with Crippen LogP contribution in [-0.4, -0.2) is 43.3 Å². The second kappa shape index (κ2) is 7.00. The number of hydrogen-bond donors (Lipinski definition) is 0. The first kappa shape index (κ1) is 18.0. The Hall–Kier alpha value is -2.34. The van der Waals surface area contributed by atoms with Crippen molar-refractivity contribution in [2.45, 2.75) is 32.2 Å². The number of rotatable bonds is 5. The lowest BCUT2D eigenvalue weighted by Gasteiger charge is -2.28. The maximum Gasteiger partial charge on any atom is 0.227 e. The van der Waals surface area contributed by atoms with E-state index in [-0.39, 0.29) is 29.9 Å². The number of nitrogens with zero attached hydrogens (tertiary/aromatic N) is 1. The quantitative estimate of drug-likeness (QED) is 0.674. The van der Waals surface area contributed by atoms with Gasteiger partial charge in [-0.05, 0) is 29.7 Å². The lowest BCUT2D eigenvalue weighted by atomic mass is 10.0. The highest BCUT2D eigenvalue weighted by Gasteiger charge is 2.34. The van der Waals surface area contributed by atoms with E-state index in [2.05, 4.69) is 0 Å². The topological polar surface area (TPSA) is 67.6 Å². The van der Waals surface area contributed by atoms with Gasteiger partial charge in [-0.2, -0.15) is 0 Å². The van der Waals surface area contributed by atoms with Crippen molar-refractivity contribution >= 4 is 37.5 Å². The SMILES string of the molecule is CCCN(C(=O)Cc1coc2ccc3ccccc3c12)C1CCS(=O)(=O)C1. The number of carbonyl (C=O) groups excluding carboxylic acids is 1. The Kier molecular flexibility index (Phi) is 4.68. The highest BCUT2D eigenvalue weighted by atomic mass is 32.2. The maximum absolute atomic E-state index is 13.1. The van der Waals surface area contributed by atoms with Crippen molar-refractivity contribution < 1.29 is 17.6 Å². The number of furan rings is 1. The van der Waals surface area contributed by atoms with Crippen LogP contribution in [0.2, 0.25) is 0 Å². The summed E-state index contributed by atoms with van der Waals surface area (Å²) in [4.78, 5) is 14.8. The first-order valence-electron chi connectivity index (χ1n) is 9.36. The minimum Gasteiger partial charge on any atom is -0.464 e. The lowest BCUT2D eigenvalue weighted by molar-refractivity contribution is -0.132. The van der Waals surface area contributed by atoms with Crippen LogP contribution in [0.4, 0.5) is 0 Å². The average Bonchev–Trinajstić information content (AvgIpc) is 3.22. The zero-order valence-electron chi connectivity index (χ0n) is 15.3. The van der Waals surface area contributed by atoms with Gasteiger partial charge in [-0.25, -0.2) is 8.42 Å². The fourth-order valence-electron chi connectivity index (χ4n) is 4.04. The minimum atomic E-state index is -3.03. The van der Waals surface area contributed by atoms with Gasteiger partial charge in [0.1, 0.15) is 5.58 Å². The molecule has 6 heteroatoms. The molecule has 1 amide bonds. The van der Waals surface area contributed by atoms with Crippen molar-refractivity contribution in [1.29, 1.82) is 0 Å². The molecule has 0 bridgehead atoms. The zero-order chi connectivity index (χ0) is 19.0. The number of fused-ring (bicyclic) bond motifs is 3. The van der Waals surface area contributed by atoms with Crippen LogP contribution in [0.1, 0.15) is 25.3 Å². The fourth-order valence-corrected chi connectivity index (χ4v) is 5.77. The van der Waals surface area contributed by atoms with Gasteiger partial charge in [0.2, 0.25) is 5.91 Å². The van der Waals surface area contributed by atoms with Gasteiger partial charge in [-0.3, -0.25) is 4.79 Å². The number of benzene rings is 2. The van der Waals surface area contributed by atoms with E-state index in [1.807, 2.05) is 43.3 Å². The molecule has 1 saturated heterocycles. The van der Waals surface area contributed by atoms with E-state index in [0.717, 1.165) is 33.7 Å². The van der Waals surface area contributed by atoms with E-state index in [4.69, 9.17) is 4.42 Å². The second-order valence-electron chi connectivity index (χ2n) is 7.24. The van der Waals surface area contributed by atoms with Gasteiger partial charge in [0.05, 0.1) is 24.2 Å². The van der Waals surface area contributed by atoms with Gasteiger partial charge in [-0.15, -0.1) is 0 Å². The Bertz CT molecular complexity index is 1100. The van der Waals surface area contributed by atoms with Gasteiger partial charge in [0.25, 0.3) is 0 Å². The summed E-state index contributed by atoms with van der Waals surface area (Å²) in [5.41, 5.74) is 1.62. The van der Waals surface area contributed by atoms with E-state index in [1.165, 1.54) is 0 Å². The Morgan fingerprint density at radius 3 is 2.78 bits per heavy atom. The predicted octanol–water partition coefficient (Wildman–Crippen LogP) is 3.55. The van der Waals surface area contributed by atoms with E-state index in [1.54, 1.807) is 11.2 Å². The van der Waals surface area contributed by atoms with Gasteiger partial charge in [0, 0.05) is 23.5 Å². The number of amides is 1. The van der Waals surface area contributed by atoms with Crippen LogP contribution in [-0.2, 0) is 21.1 Å². The van der Waals surface area contributed by atoms with Crippen molar-refractivity contribution in [3.8, 4) is 0 Å². The van der Waals surface area contributed by atoms with Gasteiger partial charge in [0.15, 0.2) is 9.84 Å². The van der Waals surface area contributed by atoms with Crippen LogP contribution in [0.15, 0.2) is 47.1 Å². The van der Waals surface area contributed by atoms with Crippen LogP contribution in [0.3, 0.4) is 0 Å². The van der Waals surface area contributed by atoms with Crippen molar-refractivity contribution in [3.63, 3.8) is 0 Å². The van der Waals surface area contributed by atoms with E-state index in [0.29, 0.717) is 13.0 Å². The number of hydrogen-bond acceptors (Lipinski definition) is 4. The first-order chi connectivity index (χ1) is 13.0. The smallest absolute Gasteiger partial charge is 0.227 e. The second-order valence-corrected chi connectivity index (χ2v) is 9.47. The van der Waals surface area contributed by atoms with Crippen LogP contribution < -0.4 is 0 Å². The predicted molar refractivity (Wildman–Crippen MR) is 106 cm³/mol. The van der Waals surface area contributed by atoms with Crippen molar-refractivity contribution in [2.24, 2.45) is 0 Å². The van der Waals surface area contributed by atoms with Crippen LogP contribution in [0.25, 0.3) is 21.7 Å². The molecule has 5 nitrogen and oxygen atoms in total. The third-order valence-corrected chi connectivity index (χ3v) is 7.07.